The van der Waals surface area contributed by atoms with E-state index in [0.29, 0.717) is 22.8 Å². The van der Waals surface area contributed by atoms with E-state index in [1.165, 1.54) is 0 Å². The van der Waals surface area contributed by atoms with E-state index < -0.39 is 6.04 Å². The summed E-state index contributed by atoms with van der Waals surface area (Å²) < 4.78 is 0. The van der Waals surface area contributed by atoms with Gasteiger partial charge in [-0.05, 0) is 30.2 Å². The molecule has 0 unspecified atom stereocenters. The third-order valence-electron chi connectivity index (χ3n) is 2.91. The lowest BCUT2D eigenvalue weighted by Crippen LogP contribution is -2.37. The highest BCUT2D eigenvalue weighted by molar-refractivity contribution is 6.31. The van der Waals surface area contributed by atoms with Crippen LogP contribution >= 0.6 is 11.6 Å². The maximum Gasteiger partial charge on any atom is 0.241 e. The Labute approximate surface area is 122 Å². The first-order valence-electron chi connectivity index (χ1n) is 6.21. The van der Waals surface area contributed by atoms with Crippen LogP contribution in [0.1, 0.15) is 5.56 Å². The number of halogens is 1. The summed E-state index contributed by atoms with van der Waals surface area (Å²) in [5.41, 5.74) is 13.6. The molecule has 0 aliphatic carbocycles. The molecule has 0 aromatic heterocycles. The van der Waals surface area contributed by atoms with Crippen LogP contribution in [0.2, 0.25) is 5.02 Å². The molecule has 2 aromatic rings. The number of carbonyl (C=O) groups is 1. The largest absolute Gasteiger partial charge is 0.397 e. The molecule has 5 N–H and O–H groups in total. The molecule has 0 spiro atoms. The van der Waals surface area contributed by atoms with Gasteiger partial charge in [-0.3, -0.25) is 4.79 Å². The zero-order valence-electron chi connectivity index (χ0n) is 10.8. The standard InChI is InChI=1S/C15H16ClN3O/c16-11-6-7-14(12(17)9-11)19-15(20)13(18)8-10-4-2-1-3-5-10/h1-7,9,13H,8,17-18H2,(H,19,20)/t13-/m0/s1. The van der Waals surface area contributed by atoms with E-state index in [1.807, 2.05) is 30.3 Å². The van der Waals surface area contributed by atoms with Crippen LogP contribution in [0.25, 0.3) is 0 Å². The number of nitrogen functional groups attached to an aromatic ring is 1. The molecule has 0 aliphatic heterocycles. The van der Waals surface area contributed by atoms with Gasteiger partial charge in [0.15, 0.2) is 0 Å². The summed E-state index contributed by atoms with van der Waals surface area (Å²) in [6.07, 6.45) is 0.472. The predicted octanol–water partition coefficient (Wildman–Crippen LogP) is 2.43. The van der Waals surface area contributed by atoms with Gasteiger partial charge in [-0.1, -0.05) is 41.9 Å². The zero-order valence-corrected chi connectivity index (χ0v) is 11.6. The minimum atomic E-state index is -0.632. The van der Waals surface area contributed by atoms with E-state index in [0.717, 1.165) is 5.56 Å². The SMILES string of the molecule is Nc1cc(Cl)ccc1NC(=O)[C@@H](N)Cc1ccccc1. The van der Waals surface area contributed by atoms with E-state index in [-0.39, 0.29) is 5.91 Å². The zero-order chi connectivity index (χ0) is 14.5. The fourth-order valence-electron chi connectivity index (χ4n) is 1.83. The Kier molecular flexibility index (Phi) is 4.61. The van der Waals surface area contributed by atoms with E-state index in [9.17, 15) is 4.79 Å². The summed E-state index contributed by atoms with van der Waals surface area (Å²) in [4.78, 5) is 12.0. The lowest BCUT2D eigenvalue weighted by molar-refractivity contribution is -0.117. The molecule has 20 heavy (non-hydrogen) atoms. The van der Waals surface area contributed by atoms with Crippen molar-refractivity contribution in [1.82, 2.24) is 0 Å². The van der Waals surface area contributed by atoms with E-state index in [4.69, 9.17) is 23.1 Å². The summed E-state index contributed by atoms with van der Waals surface area (Å²) in [6.45, 7) is 0. The van der Waals surface area contributed by atoms with Crippen LogP contribution in [0.5, 0.6) is 0 Å². The second-order valence-electron chi connectivity index (χ2n) is 4.52. The first kappa shape index (κ1) is 14.4. The molecule has 0 saturated heterocycles. The highest BCUT2D eigenvalue weighted by atomic mass is 35.5. The van der Waals surface area contributed by atoms with Gasteiger partial charge in [0.2, 0.25) is 5.91 Å². The molecule has 0 saturated carbocycles. The number of nitrogens with two attached hydrogens (primary N) is 2. The smallest absolute Gasteiger partial charge is 0.241 e. The summed E-state index contributed by atoms with van der Waals surface area (Å²) in [5.74, 6) is -0.275. The quantitative estimate of drug-likeness (QED) is 0.756. The third kappa shape index (κ3) is 3.73. The average Bonchev–Trinajstić information content (AvgIpc) is 2.43. The minimum absolute atomic E-state index is 0.275. The molecule has 0 aliphatic rings. The maximum atomic E-state index is 12.0. The predicted molar refractivity (Wildman–Crippen MR) is 82.6 cm³/mol. The maximum absolute atomic E-state index is 12.0. The van der Waals surface area contributed by atoms with Crippen molar-refractivity contribution in [2.45, 2.75) is 12.5 Å². The summed E-state index contributed by atoms with van der Waals surface area (Å²) in [7, 11) is 0. The number of hydrogen-bond donors (Lipinski definition) is 3. The molecule has 0 heterocycles. The van der Waals surface area contributed by atoms with Crippen LogP contribution in [-0.2, 0) is 11.2 Å². The number of hydrogen-bond acceptors (Lipinski definition) is 3. The Balaban J connectivity index is 2.01. The van der Waals surface area contributed by atoms with Crippen LogP contribution < -0.4 is 16.8 Å². The molecule has 104 valence electrons. The van der Waals surface area contributed by atoms with Crippen molar-refractivity contribution in [1.29, 1.82) is 0 Å². The molecular weight excluding hydrogens is 274 g/mol. The van der Waals surface area contributed by atoms with E-state index >= 15 is 0 Å². The number of rotatable bonds is 4. The molecule has 0 radical (unpaired) electrons. The van der Waals surface area contributed by atoms with E-state index in [1.54, 1.807) is 18.2 Å². The molecular formula is C15H16ClN3O. The lowest BCUT2D eigenvalue weighted by atomic mass is 10.1. The fourth-order valence-corrected chi connectivity index (χ4v) is 2.01. The van der Waals surface area contributed by atoms with Crippen LogP contribution in [0.15, 0.2) is 48.5 Å². The number of benzene rings is 2. The van der Waals surface area contributed by atoms with Crippen LogP contribution in [0.3, 0.4) is 0 Å². The number of carbonyl (C=O) groups excluding carboxylic acids is 1. The van der Waals surface area contributed by atoms with Crippen molar-refractivity contribution in [3.05, 3.63) is 59.1 Å². The van der Waals surface area contributed by atoms with Gasteiger partial charge in [0, 0.05) is 5.02 Å². The molecule has 4 nitrogen and oxygen atoms in total. The van der Waals surface area contributed by atoms with Crippen LogP contribution in [0.4, 0.5) is 11.4 Å². The number of anilines is 2. The number of amides is 1. The molecule has 0 fully saturated rings. The topological polar surface area (TPSA) is 81.1 Å². The van der Waals surface area contributed by atoms with Gasteiger partial charge in [0.25, 0.3) is 0 Å². The van der Waals surface area contributed by atoms with Crippen molar-refractivity contribution >= 4 is 28.9 Å². The lowest BCUT2D eigenvalue weighted by Gasteiger charge is -2.13. The first-order valence-corrected chi connectivity index (χ1v) is 6.59. The average molecular weight is 290 g/mol. The monoisotopic (exact) mass is 289 g/mol. The van der Waals surface area contributed by atoms with Crippen molar-refractivity contribution in [2.24, 2.45) is 5.73 Å². The van der Waals surface area contributed by atoms with Crippen molar-refractivity contribution in [3.8, 4) is 0 Å². The summed E-state index contributed by atoms with van der Waals surface area (Å²) in [5, 5.41) is 3.23. The molecule has 2 aromatic carbocycles. The Morgan fingerprint density at radius 1 is 1.20 bits per heavy atom. The third-order valence-corrected chi connectivity index (χ3v) is 3.14. The summed E-state index contributed by atoms with van der Waals surface area (Å²) >= 11 is 5.81. The van der Waals surface area contributed by atoms with E-state index in [2.05, 4.69) is 5.32 Å². The fraction of sp³-hybridized carbons (Fsp3) is 0.133. The van der Waals surface area contributed by atoms with Crippen LogP contribution in [-0.4, -0.2) is 11.9 Å². The summed E-state index contributed by atoms with van der Waals surface area (Å²) in [6, 6.07) is 13.9. The Morgan fingerprint density at radius 2 is 1.90 bits per heavy atom. The van der Waals surface area contributed by atoms with Crippen molar-refractivity contribution in [2.75, 3.05) is 11.1 Å². The first-order chi connectivity index (χ1) is 9.56. The van der Waals surface area contributed by atoms with Gasteiger partial charge in [-0.25, -0.2) is 0 Å². The highest BCUT2D eigenvalue weighted by Gasteiger charge is 2.15. The molecule has 2 rings (SSSR count). The highest BCUT2D eigenvalue weighted by Crippen LogP contribution is 2.22. The molecule has 0 bridgehead atoms. The second kappa shape index (κ2) is 6.41. The van der Waals surface area contributed by atoms with Gasteiger partial charge in [-0.2, -0.15) is 0 Å². The second-order valence-corrected chi connectivity index (χ2v) is 4.95. The normalized spacial score (nSPS) is 11.9. The Bertz CT molecular complexity index is 601. The molecule has 5 heteroatoms. The Hall–Kier alpha value is -2.04. The molecule has 1 amide bonds. The van der Waals surface area contributed by atoms with Crippen molar-refractivity contribution < 1.29 is 4.79 Å². The Morgan fingerprint density at radius 3 is 2.55 bits per heavy atom. The van der Waals surface area contributed by atoms with Crippen LogP contribution in [0, 0.1) is 0 Å². The number of nitrogens with one attached hydrogen (secondary N) is 1. The van der Waals surface area contributed by atoms with Gasteiger partial charge in [0.05, 0.1) is 17.4 Å². The van der Waals surface area contributed by atoms with Gasteiger partial charge in [-0.15, -0.1) is 0 Å². The molecule has 1 atom stereocenters. The van der Waals surface area contributed by atoms with Gasteiger partial charge in [0.1, 0.15) is 0 Å². The minimum Gasteiger partial charge on any atom is -0.397 e. The van der Waals surface area contributed by atoms with Gasteiger partial charge < -0.3 is 16.8 Å². The van der Waals surface area contributed by atoms with Gasteiger partial charge >= 0.3 is 0 Å². The van der Waals surface area contributed by atoms with Crippen molar-refractivity contribution in [3.63, 3.8) is 0 Å².